The van der Waals surface area contributed by atoms with E-state index in [4.69, 9.17) is 21.4 Å². The Morgan fingerprint density at radius 2 is 2.00 bits per heavy atom. The maximum absolute atomic E-state index is 11.7. The zero-order valence-corrected chi connectivity index (χ0v) is 12.3. The van der Waals surface area contributed by atoms with Gasteiger partial charge in [-0.15, -0.1) is 0 Å². The van der Waals surface area contributed by atoms with E-state index in [1.807, 2.05) is 0 Å². The number of amides is 1. The number of carbonyl (C=O) groups excluding carboxylic acids is 1. The number of nitrogens with one attached hydrogen (secondary N) is 1. The summed E-state index contributed by atoms with van der Waals surface area (Å²) in [7, 11) is 0. The second-order valence-corrected chi connectivity index (χ2v) is 5.62. The average molecular weight is 312 g/mol. The molecular formula is C15H18ClNO4. The monoisotopic (exact) mass is 311 g/mol. The smallest absolute Gasteiger partial charge is 0.306 e. The highest BCUT2D eigenvalue weighted by Gasteiger charge is 2.32. The second kappa shape index (κ2) is 7.31. The Morgan fingerprint density at radius 1 is 1.29 bits per heavy atom. The van der Waals surface area contributed by atoms with Gasteiger partial charge in [0.15, 0.2) is 6.61 Å². The molecule has 2 rings (SSSR count). The van der Waals surface area contributed by atoms with E-state index in [1.165, 1.54) is 0 Å². The Bertz CT molecular complexity index is 503. The third-order valence-corrected chi connectivity index (χ3v) is 3.97. The van der Waals surface area contributed by atoms with Crippen molar-refractivity contribution < 1.29 is 19.4 Å². The SMILES string of the molecule is O=C(COc1ccc(Cl)cc1)NCC1CCCC1C(=O)O. The van der Waals surface area contributed by atoms with Gasteiger partial charge in [-0.2, -0.15) is 0 Å². The van der Waals surface area contributed by atoms with Crippen LogP contribution in [0.25, 0.3) is 0 Å². The molecule has 0 spiro atoms. The molecule has 0 aromatic heterocycles. The van der Waals surface area contributed by atoms with Crippen molar-refractivity contribution in [3.63, 3.8) is 0 Å². The van der Waals surface area contributed by atoms with Gasteiger partial charge in [-0.3, -0.25) is 9.59 Å². The summed E-state index contributed by atoms with van der Waals surface area (Å²) in [5, 5.41) is 12.4. The predicted molar refractivity (Wildman–Crippen MR) is 78.4 cm³/mol. The number of hydrogen-bond donors (Lipinski definition) is 2. The first-order valence-corrected chi connectivity index (χ1v) is 7.32. The van der Waals surface area contributed by atoms with E-state index in [0.717, 1.165) is 12.8 Å². The van der Waals surface area contributed by atoms with Crippen LogP contribution in [0.4, 0.5) is 0 Å². The minimum absolute atomic E-state index is 0.0157. The summed E-state index contributed by atoms with van der Waals surface area (Å²) < 4.78 is 5.33. The molecule has 1 aliphatic rings. The van der Waals surface area contributed by atoms with Gasteiger partial charge in [0.05, 0.1) is 5.92 Å². The van der Waals surface area contributed by atoms with Crippen LogP contribution in [0.1, 0.15) is 19.3 Å². The molecule has 114 valence electrons. The highest BCUT2D eigenvalue weighted by Crippen LogP contribution is 2.31. The van der Waals surface area contributed by atoms with Crippen molar-refractivity contribution in [3.05, 3.63) is 29.3 Å². The number of halogens is 1. The second-order valence-electron chi connectivity index (χ2n) is 5.18. The Labute approximate surface area is 128 Å². The fourth-order valence-electron chi connectivity index (χ4n) is 2.58. The standard InChI is InChI=1S/C15H18ClNO4/c16-11-4-6-12(7-5-11)21-9-14(18)17-8-10-2-1-3-13(10)15(19)20/h4-7,10,13H,1-3,8-9H2,(H,17,18)(H,19,20). The maximum Gasteiger partial charge on any atom is 0.306 e. The van der Waals surface area contributed by atoms with Gasteiger partial charge < -0.3 is 15.2 Å². The van der Waals surface area contributed by atoms with Crippen molar-refractivity contribution in [1.82, 2.24) is 5.32 Å². The zero-order chi connectivity index (χ0) is 15.2. The van der Waals surface area contributed by atoms with Crippen LogP contribution in [0, 0.1) is 11.8 Å². The topological polar surface area (TPSA) is 75.6 Å². The van der Waals surface area contributed by atoms with Crippen molar-refractivity contribution in [3.8, 4) is 5.75 Å². The Kier molecular flexibility index (Phi) is 5.44. The molecule has 21 heavy (non-hydrogen) atoms. The molecule has 0 radical (unpaired) electrons. The van der Waals surface area contributed by atoms with Crippen LogP contribution < -0.4 is 10.1 Å². The first kappa shape index (κ1) is 15.6. The minimum atomic E-state index is -0.774. The molecule has 1 aliphatic carbocycles. The van der Waals surface area contributed by atoms with Crippen LogP contribution >= 0.6 is 11.6 Å². The van der Waals surface area contributed by atoms with Crippen molar-refractivity contribution in [2.24, 2.45) is 11.8 Å². The molecule has 0 bridgehead atoms. The average Bonchev–Trinajstić information content (AvgIpc) is 2.93. The number of benzene rings is 1. The van der Waals surface area contributed by atoms with Crippen LogP contribution in [-0.4, -0.2) is 30.1 Å². The summed E-state index contributed by atoms with van der Waals surface area (Å²) in [5.41, 5.74) is 0. The number of carbonyl (C=O) groups is 2. The lowest BCUT2D eigenvalue weighted by Crippen LogP contribution is -2.35. The lowest BCUT2D eigenvalue weighted by atomic mass is 9.96. The number of carboxylic acid groups (broad SMARTS) is 1. The van der Waals surface area contributed by atoms with E-state index in [9.17, 15) is 9.59 Å². The number of aliphatic carboxylic acids is 1. The van der Waals surface area contributed by atoms with E-state index >= 15 is 0 Å². The maximum atomic E-state index is 11.7. The van der Waals surface area contributed by atoms with E-state index < -0.39 is 5.97 Å². The van der Waals surface area contributed by atoms with Crippen molar-refractivity contribution in [2.45, 2.75) is 19.3 Å². The summed E-state index contributed by atoms with van der Waals surface area (Å²) in [6.07, 6.45) is 2.44. The number of carboxylic acids is 1. The van der Waals surface area contributed by atoms with Gasteiger partial charge in [-0.05, 0) is 43.0 Å². The van der Waals surface area contributed by atoms with Crippen molar-refractivity contribution in [1.29, 1.82) is 0 Å². The molecule has 0 saturated heterocycles. The fourth-order valence-corrected chi connectivity index (χ4v) is 2.71. The van der Waals surface area contributed by atoms with Gasteiger partial charge in [0.1, 0.15) is 5.75 Å². The first-order valence-electron chi connectivity index (χ1n) is 6.94. The number of ether oxygens (including phenoxy) is 1. The first-order chi connectivity index (χ1) is 10.1. The summed E-state index contributed by atoms with van der Waals surface area (Å²) in [6.45, 7) is 0.297. The molecule has 1 fully saturated rings. The van der Waals surface area contributed by atoms with Crippen molar-refractivity contribution in [2.75, 3.05) is 13.2 Å². The van der Waals surface area contributed by atoms with Crippen LogP contribution in [0.15, 0.2) is 24.3 Å². The minimum Gasteiger partial charge on any atom is -0.484 e. The van der Waals surface area contributed by atoms with Crippen LogP contribution in [-0.2, 0) is 9.59 Å². The van der Waals surface area contributed by atoms with Gasteiger partial charge >= 0.3 is 5.97 Å². The van der Waals surface area contributed by atoms with Gasteiger partial charge in [0.25, 0.3) is 5.91 Å². The molecule has 2 atom stereocenters. The van der Waals surface area contributed by atoms with Crippen LogP contribution in [0.5, 0.6) is 5.75 Å². The molecule has 2 unspecified atom stereocenters. The van der Waals surface area contributed by atoms with Crippen LogP contribution in [0.2, 0.25) is 5.02 Å². The molecule has 1 aromatic carbocycles. The Balaban J connectivity index is 1.72. The van der Waals surface area contributed by atoms with E-state index in [1.54, 1.807) is 24.3 Å². The van der Waals surface area contributed by atoms with Gasteiger partial charge in [0, 0.05) is 11.6 Å². The lowest BCUT2D eigenvalue weighted by Gasteiger charge is -2.16. The summed E-state index contributed by atoms with van der Waals surface area (Å²) >= 11 is 5.75. The third-order valence-electron chi connectivity index (χ3n) is 3.72. The molecule has 1 aromatic rings. The van der Waals surface area contributed by atoms with Gasteiger partial charge in [-0.25, -0.2) is 0 Å². The zero-order valence-electron chi connectivity index (χ0n) is 11.5. The van der Waals surface area contributed by atoms with Gasteiger partial charge in [-0.1, -0.05) is 18.0 Å². The third kappa shape index (κ3) is 4.63. The Hall–Kier alpha value is -1.75. The summed E-state index contributed by atoms with van der Waals surface area (Å²) in [4.78, 5) is 22.8. The molecule has 1 amide bonds. The fraction of sp³-hybridized carbons (Fsp3) is 0.467. The molecule has 6 heteroatoms. The van der Waals surface area contributed by atoms with Crippen molar-refractivity contribution >= 4 is 23.5 Å². The van der Waals surface area contributed by atoms with E-state index in [-0.39, 0.29) is 24.3 Å². The molecule has 5 nitrogen and oxygen atoms in total. The predicted octanol–water partition coefficient (Wildman–Crippen LogP) is 2.34. The quantitative estimate of drug-likeness (QED) is 0.845. The molecule has 0 heterocycles. The summed E-state index contributed by atoms with van der Waals surface area (Å²) in [5.74, 6) is -0.784. The van der Waals surface area contributed by atoms with E-state index in [0.29, 0.717) is 23.7 Å². The highest BCUT2D eigenvalue weighted by atomic mass is 35.5. The molecular weight excluding hydrogens is 294 g/mol. The number of hydrogen-bond acceptors (Lipinski definition) is 3. The number of rotatable bonds is 6. The van der Waals surface area contributed by atoms with Crippen LogP contribution in [0.3, 0.4) is 0 Å². The largest absolute Gasteiger partial charge is 0.484 e. The molecule has 0 aliphatic heterocycles. The van der Waals surface area contributed by atoms with E-state index in [2.05, 4.69) is 5.32 Å². The lowest BCUT2D eigenvalue weighted by molar-refractivity contribution is -0.143. The normalized spacial score (nSPS) is 21.0. The van der Waals surface area contributed by atoms with Gasteiger partial charge in [0.2, 0.25) is 0 Å². The molecule has 1 saturated carbocycles. The summed E-state index contributed by atoms with van der Waals surface area (Å²) in [6, 6.07) is 6.75. The molecule has 2 N–H and O–H groups in total. The Morgan fingerprint density at radius 3 is 2.67 bits per heavy atom. The highest BCUT2D eigenvalue weighted by molar-refractivity contribution is 6.30.